The number of rotatable bonds is 6. The van der Waals surface area contributed by atoms with E-state index in [9.17, 15) is 32.3 Å². The maximum absolute atomic E-state index is 14.5. The fraction of sp³-hybridized carbons (Fsp3) is 0.261. The Hall–Kier alpha value is -3.53. The molecule has 1 aromatic carbocycles. The van der Waals surface area contributed by atoms with E-state index in [0.717, 1.165) is 41.0 Å². The van der Waals surface area contributed by atoms with Gasteiger partial charge in [0.2, 0.25) is 0 Å². The number of nitrogens with one attached hydrogen (secondary N) is 1. The predicted octanol–water partition coefficient (Wildman–Crippen LogP) is 3.69. The van der Waals surface area contributed by atoms with Crippen molar-refractivity contribution in [3.63, 3.8) is 0 Å². The Kier molecular flexibility index (Phi) is 6.68. The number of aliphatic hydroxyl groups is 1. The van der Waals surface area contributed by atoms with Crippen molar-refractivity contribution in [1.29, 1.82) is 0 Å². The monoisotopic (exact) mass is 463 g/mol. The average molecular weight is 463 g/mol. The van der Waals surface area contributed by atoms with Crippen LogP contribution < -0.4 is 10.9 Å². The van der Waals surface area contributed by atoms with Crippen molar-refractivity contribution in [2.75, 3.05) is 0 Å². The Morgan fingerprint density at radius 2 is 1.79 bits per heavy atom. The molecule has 10 heteroatoms. The van der Waals surface area contributed by atoms with Gasteiger partial charge in [-0.2, -0.15) is 13.2 Å². The molecular formula is C23H21F4N3O3. The van der Waals surface area contributed by atoms with Crippen molar-refractivity contribution in [2.24, 2.45) is 0 Å². The summed E-state index contributed by atoms with van der Waals surface area (Å²) < 4.78 is 54.5. The highest BCUT2D eigenvalue weighted by atomic mass is 19.4. The molecule has 3 rings (SSSR count). The standard InChI is InChI=1S/C23H21F4N3O3/c1-22(2,33)13-30-12-15(7-10-18(30)31)21(32)29-19(20-17(24)4-3-11-28-20)14-5-8-16(9-6-14)23(25,26)27/h3-12,19,33H,13H2,1-2H3,(H,29,32)/t19-/m0/s1. The van der Waals surface area contributed by atoms with Gasteiger partial charge in [0.25, 0.3) is 11.5 Å². The lowest BCUT2D eigenvalue weighted by molar-refractivity contribution is -0.137. The fourth-order valence-electron chi connectivity index (χ4n) is 3.20. The molecular weight excluding hydrogens is 442 g/mol. The van der Waals surface area contributed by atoms with E-state index in [1.807, 2.05) is 0 Å². The molecule has 1 amide bonds. The number of carbonyl (C=O) groups is 1. The number of nitrogens with zero attached hydrogens (tertiary/aromatic N) is 2. The normalized spacial score (nSPS) is 12.9. The quantitative estimate of drug-likeness (QED) is 0.547. The van der Waals surface area contributed by atoms with E-state index in [1.54, 1.807) is 0 Å². The SMILES string of the molecule is CC(C)(O)Cn1cc(C(=O)N[C@@H](c2ccc(C(F)(F)F)cc2)c2ncccc2F)ccc1=O. The molecule has 6 nitrogen and oxygen atoms in total. The topological polar surface area (TPSA) is 84.2 Å². The zero-order valence-corrected chi connectivity index (χ0v) is 17.7. The Labute approximate surface area is 186 Å². The summed E-state index contributed by atoms with van der Waals surface area (Å²) >= 11 is 0. The van der Waals surface area contributed by atoms with Gasteiger partial charge < -0.3 is 15.0 Å². The number of amides is 1. The first-order valence-electron chi connectivity index (χ1n) is 9.86. The van der Waals surface area contributed by atoms with Crippen LogP contribution in [0, 0.1) is 5.82 Å². The molecule has 0 fully saturated rings. The van der Waals surface area contributed by atoms with Crippen molar-refractivity contribution in [3.05, 3.63) is 99.5 Å². The van der Waals surface area contributed by atoms with Crippen LogP contribution in [-0.4, -0.2) is 26.2 Å². The minimum Gasteiger partial charge on any atom is -0.389 e. The third-order valence-electron chi connectivity index (χ3n) is 4.71. The minimum absolute atomic E-state index is 0.0344. The van der Waals surface area contributed by atoms with Gasteiger partial charge in [0.1, 0.15) is 11.5 Å². The van der Waals surface area contributed by atoms with E-state index >= 15 is 0 Å². The number of hydrogen-bond donors (Lipinski definition) is 2. The van der Waals surface area contributed by atoms with Crippen molar-refractivity contribution < 1.29 is 27.5 Å². The van der Waals surface area contributed by atoms with Crippen LogP contribution in [-0.2, 0) is 12.7 Å². The van der Waals surface area contributed by atoms with Crippen LogP contribution in [0.15, 0.2) is 65.7 Å². The zero-order chi connectivity index (χ0) is 24.4. The van der Waals surface area contributed by atoms with Gasteiger partial charge in [0, 0.05) is 18.5 Å². The Balaban J connectivity index is 1.98. The average Bonchev–Trinajstić information content (AvgIpc) is 2.72. The number of pyridine rings is 2. The van der Waals surface area contributed by atoms with Gasteiger partial charge in [-0.05, 0) is 49.7 Å². The van der Waals surface area contributed by atoms with Crippen LogP contribution in [0.4, 0.5) is 17.6 Å². The molecule has 0 unspecified atom stereocenters. The van der Waals surface area contributed by atoms with Crippen molar-refractivity contribution in [2.45, 2.75) is 38.2 Å². The van der Waals surface area contributed by atoms with Crippen LogP contribution in [0.25, 0.3) is 0 Å². The van der Waals surface area contributed by atoms with E-state index in [4.69, 9.17) is 0 Å². The maximum Gasteiger partial charge on any atom is 0.416 e. The molecule has 2 aromatic heterocycles. The third kappa shape index (κ3) is 6.04. The molecule has 0 saturated heterocycles. The lowest BCUT2D eigenvalue weighted by atomic mass is 10.0. The number of benzene rings is 1. The first-order valence-corrected chi connectivity index (χ1v) is 9.86. The summed E-state index contributed by atoms with van der Waals surface area (Å²) in [6.45, 7) is 2.91. The van der Waals surface area contributed by atoms with Crippen molar-refractivity contribution >= 4 is 5.91 Å². The highest BCUT2D eigenvalue weighted by Crippen LogP contribution is 2.31. The molecule has 0 spiro atoms. The summed E-state index contributed by atoms with van der Waals surface area (Å²) in [5, 5.41) is 12.6. The van der Waals surface area contributed by atoms with Crippen LogP contribution in [0.3, 0.4) is 0 Å². The summed E-state index contributed by atoms with van der Waals surface area (Å²) in [5.74, 6) is -1.47. The van der Waals surface area contributed by atoms with Gasteiger partial charge in [-0.15, -0.1) is 0 Å². The smallest absolute Gasteiger partial charge is 0.389 e. The Morgan fingerprint density at radius 1 is 1.12 bits per heavy atom. The molecule has 0 saturated carbocycles. The summed E-state index contributed by atoms with van der Waals surface area (Å²) in [6.07, 6.45) is -2.01. The van der Waals surface area contributed by atoms with Crippen LogP contribution in [0.1, 0.15) is 47.1 Å². The molecule has 33 heavy (non-hydrogen) atoms. The molecule has 0 aliphatic heterocycles. The summed E-state index contributed by atoms with van der Waals surface area (Å²) in [4.78, 5) is 29.0. The van der Waals surface area contributed by atoms with E-state index in [1.165, 1.54) is 38.4 Å². The molecule has 2 heterocycles. The van der Waals surface area contributed by atoms with Crippen molar-refractivity contribution in [3.8, 4) is 0 Å². The molecule has 0 radical (unpaired) electrons. The van der Waals surface area contributed by atoms with Gasteiger partial charge in [-0.1, -0.05) is 12.1 Å². The number of aromatic nitrogens is 2. The number of alkyl halides is 3. The van der Waals surface area contributed by atoms with E-state index in [2.05, 4.69) is 10.3 Å². The summed E-state index contributed by atoms with van der Waals surface area (Å²) in [7, 11) is 0. The molecule has 0 bridgehead atoms. The summed E-state index contributed by atoms with van der Waals surface area (Å²) in [6, 6.07) is 7.61. The second-order valence-corrected chi connectivity index (χ2v) is 8.09. The third-order valence-corrected chi connectivity index (χ3v) is 4.71. The number of carbonyl (C=O) groups excluding carboxylic acids is 1. The van der Waals surface area contributed by atoms with Crippen LogP contribution in [0.5, 0.6) is 0 Å². The fourth-order valence-corrected chi connectivity index (χ4v) is 3.20. The second kappa shape index (κ2) is 9.14. The molecule has 0 aliphatic rings. The predicted molar refractivity (Wildman–Crippen MR) is 112 cm³/mol. The molecule has 0 aliphatic carbocycles. The van der Waals surface area contributed by atoms with E-state index in [-0.39, 0.29) is 23.4 Å². The van der Waals surface area contributed by atoms with Gasteiger partial charge >= 0.3 is 6.18 Å². The van der Waals surface area contributed by atoms with Crippen LogP contribution >= 0.6 is 0 Å². The van der Waals surface area contributed by atoms with E-state index < -0.39 is 40.7 Å². The minimum atomic E-state index is -4.55. The van der Waals surface area contributed by atoms with Gasteiger partial charge in [0.15, 0.2) is 0 Å². The summed E-state index contributed by atoms with van der Waals surface area (Å²) in [5.41, 5.74) is -2.53. The lowest BCUT2D eigenvalue weighted by Gasteiger charge is -2.21. The first kappa shape index (κ1) is 24.1. The number of hydrogen-bond acceptors (Lipinski definition) is 4. The molecule has 174 valence electrons. The highest BCUT2D eigenvalue weighted by Gasteiger charge is 2.31. The number of halogens is 4. The van der Waals surface area contributed by atoms with Gasteiger partial charge in [-0.25, -0.2) is 4.39 Å². The van der Waals surface area contributed by atoms with Gasteiger partial charge in [0.05, 0.1) is 29.3 Å². The molecule has 2 N–H and O–H groups in total. The highest BCUT2D eigenvalue weighted by molar-refractivity contribution is 5.94. The van der Waals surface area contributed by atoms with Crippen LogP contribution in [0.2, 0.25) is 0 Å². The lowest BCUT2D eigenvalue weighted by Crippen LogP contribution is -2.34. The van der Waals surface area contributed by atoms with E-state index in [0.29, 0.717) is 0 Å². The first-order chi connectivity index (χ1) is 15.3. The second-order valence-electron chi connectivity index (χ2n) is 8.09. The Morgan fingerprint density at radius 3 is 2.36 bits per heavy atom. The zero-order valence-electron chi connectivity index (χ0n) is 17.7. The molecule has 1 atom stereocenters. The molecule has 3 aromatic rings. The Bertz CT molecular complexity index is 1200. The van der Waals surface area contributed by atoms with Gasteiger partial charge in [-0.3, -0.25) is 14.6 Å². The van der Waals surface area contributed by atoms with Crippen molar-refractivity contribution in [1.82, 2.24) is 14.9 Å². The maximum atomic E-state index is 14.5. The largest absolute Gasteiger partial charge is 0.416 e.